The second kappa shape index (κ2) is 8.43. The number of ether oxygens (including phenoxy) is 1. The zero-order valence-corrected chi connectivity index (χ0v) is 13.9. The highest BCUT2D eigenvalue weighted by atomic mass is 16.5. The van der Waals surface area contributed by atoms with Crippen molar-refractivity contribution in [1.29, 1.82) is 0 Å². The molecule has 0 radical (unpaired) electrons. The van der Waals surface area contributed by atoms with Gasteiger partial charge in [-0.05, 0) is 62.3 Å². The van der Waals surface area contributed by atoms with Gasteiger partial charge in [-0.15, -0.1) is 0 Å². The molecule has 0 saturated heterocycles. The van der Waals surface area contributed by atoms with Gasteiger partial charge in [0.2, 0.25) is 0 Å². The van der Waals surface area contributed by atoms with Crippen molar-refractivity contribution >= 4 is 0 Å². The van der Waals surface area contributed by atoms with E-state index in [0.29, 0.717) is 6.04 Å². The third-order valence-corrected chi connectivity index (χ3v) is 5.31. The highest BCUT2D eigenvalue weighted by Gasteiger charge is 2.25. The maximum Gasteiger partial charge on any atom is 0.118 e. The van der Waals surface area contributed by atoms with Crippen molar-refractivity contribution in [2.24, 2.45) is 11.8 Å². The molecule has 0 bridgehead atoms. The number of nitrogens with one attached hydrogen (secondary N) is 1. The highest BCUT2D eigenvalue weighted by Crippen LogP contribution is 2.33. The molecule has 1 N–H and O–H groups in total. The molecule has 1 aliphatic carbocycles. The third-order valence-electron chi connectivity index (χ3n) is 5.31. The van der Waals surface area contributed by atoms with Gasteiger partial charge in [-0.2, -0.15) is 0 Å². The van der Waals surface area contributed by atoms with Crippen molar-refractivity contribution in [2.45, 2.75) is 57.9 Å². The molecular weight excluding hydrogens is 258 g/mol. The Morgan fingerprint density at radius 3 is 2.33 bits per heavy atom. The summed E-state index contributed by atoms with van der Waals surface area (Å²) in [7, 11) is 3.85. The van der Waals surface area contributed by atoms with E-state index in [1.54, 1.807) is 7.11 Å². The van der Waals surface area contributed by atoms with E-state index in [4.69, 9.17) is 4.74 Å². The first kappa shape index (κ1) is 16.4. The molecule has 2 heteroatoms. The summed E-state index contributed by atoms with van der Waals surface area (Å²) in [6, 6.07) is 9.19. The number of benzene rings is 1. The zero-order valence-electron chi connectivity index (χ0n) is 13.9. The van der Waals surface area contributed by atoms with Crippen LogP contribution in [0.5, 0.6) is 5.75 Å². The molecule has 118 valence electrons. The Morgan fingerprint density at radius 2 is 1.81 bits per heavy atom. The third kappa shape index (κ3) is 4.74. The topological polar surface area (TPSA) is 21.3 Å². The van der Waals surface area contributed by atoms with Gasteiger partial charge in [-0.3, -0.25) is 0 Å². The van der Waals surface area contributed by atoms with E-state index in [1.807, 2.05) is 0 Å². The molecule has 0 aliphatic heterocycles. The number of rotatable bonds is 7. The fourth-order valence-corrected chi connectivity index (χ4v) is 3.73. The highest BCUT2D eigenvalue weighted by molar-refractivity contribution is 5.27. The van der Waals surface area contributed by atoms with Crippen molar-refractivity contribution in [3.05, 3.63) is 29.8 Å². The zero-order chi connectivity index (χ0) is 15.1. The molecule has 1 aromatic rings. The maximum absolute atomic E-state index is 5.22. The van der Waals surface area contributed by atoms with Crippen LogP contribution in [0.3, 0.4) is 0 Å². The van der Waals surface area contributed by atoms with E-state index in [9.17, 15) is 0 Å². The van der Waals surface area contributed by atoms with Crippen LogP contribution in [0.1, 0.15) is 51.0 Å². The quantitative estimate of drug-likeness (QED) is 0.801. The van der Waals surface area contributed by atoms with E-state index in [2.05, 4.69) is 43.6 Å². The van der Waals surface area contributed by atoms with Crippen LogP contribution >= 0.6 is 0 Å². The van der Waals surface area contributed by atoms with Gasteiger partial charge in [-0.1, -0.05) is 38.3 Å². The lowest BCUT2D eigenvalue weighted by molar-refractivity contribution is 0.216. The largest absolute Gasteiger partial charge is 0.497 e. The van der Waals surface area contributed by atoms with Gasteiger partial charge in [-0.25, -0.2) is 0 Å². The van der Waals surface area contributed by atoms with Gasteiger partial charge < -0.3 is 10.1 Å². The lowest BCUT2D eigenvalue weighted by Crippen LogP contribution is -2.36. The molecule has 0 heterocycles. The monoisotopic (exact) mass is 289 g/mol. The second-order valence-corrected chi connectivity index (χ2v) is 6.47. The van der Waals surface area contributed by atoms with Crippen molar-refractivity contribution in [3.63, 3.8) is 0 Å². The molecule has 0 spiro atoms. The summed E-state index contributed by atoms with van der Waals surface area (Å²) in [5.74, 6) is 2.80. The van der Waals surface area contributed by atoms with E-state index in [-0.39, 0.29) is 0 Å². The Morgan fingerprint density at radius 1 is 1.14 bits per heavy atom. The van der Waals surface area contributed by atoms with Gasteiger partial charge in [0, 0.05) is 6.04 Å². The Labute approximate surface area is 130 Å². The number of hydrogen-bond acceptors (Lipinski definition) is 2. The molecule has 1 saturated carbocycles. The predicted molar refractivity (Wildman–Crippen MR) is 89.9 cm³/mol. The van der Waals surface area contributed by atoms with Crippen LogP contribution in [-0.2, 0) is 6.42 Å². The standard InChI is InChI=1S/C19H31NO/c1-4-15-5-10-17(11-6-15)19(20-2)14-9-16-7-12-18(21-3)13-8-16/h7-8,12-13,15,17,19-20H,4-6,9-11,14H2,1-3H3. The smallest absolute Gasteiger partial charge is 0.118 e. The lowest BCUT2D eigenvalue weighted by atomic mass is 9.76. The molecule has 1 fully saturated rings. The Hall–Kier alpha value is -1.02. The van der Waals surface area contributed by atoms with Crippen molar-refractivity contribution in [3.8, 4) is 5.75 Å². The van der Waals surface area contributed by atoms with Gasteiger partial charge in [0.15, 0.2) is 0 Å². The molecule has 2 nitrogen and oxygen atoms in total. The first-order valence-electron chi connectivity index (χ1n) is 8.57. The summed E-state index contributed by atoms with van der Waals surface area (Å²) < 4.78 is 5.22. The van der Waals surface area contributed by atoms with Crippen LogP contribution < -0.4 is 10.1 Å². The van der Waals surface area contributed by atoms with Crippen LogP contribution in [0.15, 0.2) is 24.3 Å². The summed E-state index contributed by atoms with van der Waals surface area (Å²) in [6.07, 6.45) is 9.44. The fraction of sp³-hybridized carbons (Fsp3) is 0.684. The minimum atomic E-state index is 0.671. The molecule has 1 unspecified atom stereocenters. The summed E-state index contributed by atoms with van der Waals surface area (Å²) in [4.78, 5) is 0. The predicted octanol–water partition coefficient (Wildman–Crippen LogP) is 4.43. The number of hydrogen-bond donors (Lipinski definition) is 1. The molecule has 21 heavy (non-hydrogen) atoms. The Bertz CT molecular complexity index is 393. The van der Waals surface area contributed by atoms with E-state index in [1.165, 1.54) is 44.1 Å². The van der Waals surface area contributed by atoms with Gasteiger partial charge in [0.05, 0.1) is 7.11 Å². The minimum Gasteiger partial charge on any atom is -0.497 e. The molecule has 1 aliphatic rings. The number of aryl methyl sites for hydroxylation is 1. The summed E-state index contributed by atoms with van der Waals surface area (Å²) in [5, 5.41) is 3.57. The first-order valence-corrected chi connectivity index (χ1v) is 8.57. The number of methoxy groups -OCH3 is 1. The SMILES string of the molecule is CCC1CCC(C(CCc2ccc(OC)cc2)NC)CC1. The van der Waals surface area contributed by atoms with Gasteiger partial charge in [0.25, 0.3) is 0 Å². The van der Waals surface area contributed by atoms with E-state index >= 15 is 0 Å². The van der Waals surface area contributed by atoms with Gasteiger partial charge >= 0.3 is 0 Å². The van der Waals surface area contributed by atoms with Crippen molar-refractivity contribution < 1.29 is 4.74 Å². The average molecular weight is 289 g/mol. The molecule has 2 rings (SSSR count). The van der Waals surface area contributed by atoms with Crippen molar-refractivity contribution in [2.75, 3.05) is 14.2 Å². The summed E-state index contributed by atoms with van der Waals surface area (Å²) in [6.45, 7) is 2.34. The van der Waals surface area contributed by atoms with Crippen LogP contribution in [0.25, 0.3) is 0 Å². The van der Waals surface area contributed by atoms with Crippen LogP contribution in [-0.4, -0.2) is 20.2 Å². The maximum atomic E-state index is 5.22. The van der Waals surface area contributed by atoms with Gasteiger partial charge in [0.1, 0.15) is 5.75 Å². The average Bonchev–Trinajstić information content (AvgIpc) is 2.56. The van der Waals surface area contributed by atoms with Crippen LogP contribution in [0.4, 0.5) is 0 Å². The van der Waals surface area contributed by atoms with E-state index in [0.717, 1.165) is 24.0 Å². The minimum absolute atomic E-state index is 0.671. The molecule has 0 aromatic heterocycles. The summed E-state index contributed by atoms with van der Waals surface area (Å²) >= 11 is 0. The fourth-order valence-electron chi connectivity index (χ4n) is 3.73. The molecular formula is C19H31NO. The van der Waals surface area contributed by atoms with Crippen LogP contribution in [0, 0.1) is 11.8 Å². The van der Waals surface area contributed by atoms with Crippen molar-refractivity contribution in [1.82, 2.24) is 5.32 Å². The second-order valence-electron chi connectivity index (χ2n) is 6.47. The van der Waals surface area contributed by atoms with Crippen LogP contribution in [0.2, 0.25) is 0 Å². The first-order chi connectivity index (χ1) is 10.3. The molecule has 1 atom stereocenters. The normalized spacial score (nSPS) is 23.8. The Balaban J connectivity index is 1.81. The molecule has 0 amide bonds. The van der Waals surface area contributed by atoms with E-state index < -0.39 is 0 Å². The molecule has 1 aromatic carbocycles. The Kier molecular flexibility index (Phi) is 6.56. The lowest BCUT2D eigenvalue weighted by Gasteiger charge is -2.33. The summed E-state index contributed by atoms with van der Waals surface area (Å²) in [5.41, 5.74) is 1.42.